The molecule has 0 amide bonds. The minimum atomic E-state index is 0.725. The molecule has 112 valence electrons. The van der Waals surface area contributed by atoms with Crippen LogP contribution in [0.5, 0.6) is 0 Å². The van der Waals surface area contributed by atoms with Gasteiger partial charge >= 0.3 is 0 Å². The van der Waals surface area contributed by atoms with Gasteiger partial charge in [-0.25, -0.2) is 0 Å². The summed E-state index contributed by atoms with van der Waals surface area (Å²) in [4.78, 5) is 4.81. The standard InChI is InChI=1S/C16H22N4S/c1-13-17-18-16(21-13)19(2)10-15-8-9-20(12-15)11-14-6-4-3-5-7-14/h3-7,15H,8-12H2,1-2H3. The third-order valence-corrected chi connectivity index (χ3v) is 4.95. The number of hydrogen-bond donors (Lipinski definition) is 0. The van der Waals surface area contributed by atoms with Crippen LogP contribution in [0.3, 0.4) is 0 Å². The van der Waals surface area contributed by atoms with Crippen molar-refractivity contribution in [1.29, 1.82) is 0 Å². The lowest BCUT2D eigenvalue weighted by Crippen LogP contribution is -2.28. The van der Waals surface area contributed by atoms with Crippen molar-refractivity contribution in [1.82, 2.24) is 15.1 Å². The lowest BCUT2D eigenvalue weighted by atomic mass is 10.1. The fourth-order valence-corrected chi connectivity index (χ4v) is 3.61. The molecule has 0 N–H and O–H groups in total. The van der Waals surface area contributed by atoms with E-state index in [4.69, 9.17) is 0 Å². The van der Waals surface area contributed by atoms with Gasteiger partial charge < -0.3 is 4.90 Å². The number of aryl methyl sites for hydroxylation is 1. The summed E-state index contributed by atoms with van der Waals surface area (Å²) in [5, 5.41) is 10.4. The quantitative estimate of drug-likeness (QED) is 0.850. The number of aromatic nitrogens is 2. The van der Waals surface area contributed by atoms with Crippen LogP contribution in [0.15, 0.2) is 30.3 Å². The van der Waals surface area contributed by atoms with Gasteiger partial charge in [0, 0.05) is 26.7 Å². The van der Waals surface area contributed by atoms with E-state index < -0.39 is 0 Å². The maximum absolute atomic E-state index is 4.23. The van der Waals surface area contributed by atoms with E-state index in [0.29, 0.717) is 0 Å². The van der Waals surface area contributed by atoms with E-state index in [0.717, 1.165) is 29.1 Å². The van der Waals surface area contributed by atoms with Gasteiger partial charge in [0.05, 0.1) is 0 Å². The molecular formula is C16H22N4S. The molecule has 1 atom stereocenters. The first-order chi connectivity index (χ1) is 10.2. The Morgan fingerprint density at radius 2 is 2.10 bits per heavy atom. The predicted molar refractivity (Wildman–Crippen MR) is 87.7 cm³/mol. The second-order valence-corrected chi connectivity index (χ2v) is 7.02. The second-order valence-electron chi connectivity index (χ2n) is 5.86. The first kappa shape index (κ1) is 14.5. The molecule has 4 nitrogen and oxygen atoms in total. The zero-order valence-corrected chi connectivity index (χ0v) is 13.5. The minimum absolute atomic E-state index is 0.725. The van der Waals surface area contributed by atoms with E-state index in [1.54, 1.807) is 11.3 Å². The van der Waals surface area contributed by atoms with Gasteiger partial charge in [-0.2, -0.15) is 0 Å². The zero-order valence-electron chi connectivity index (χ0n) is 12.7. The van der Waals surface area contributed by atoms with Crippen LogP contribution in [0, 0.1) is 12.8 Å². The van der Waals surface area contributed by atoms with Crippen LogP contribution in [0.1, 0.15) is 17.0 Å². The van der Waals surface area contributed by atoms with E-state index in [2.05, 4.69) is 57.4 Å². The minimum Gasteiger partial charge on any atom is -0.349 e. The number of benzene rings is 1. The van der Waals surface area contributed by atoms with Crippen molar-refractivity contribution < 1.29 is 0 Å². The summed E-state index contributed by atoms with van der Waals surface area (Å²) in [5.41, 5.74) is 1.41. The largest absolute Gasteiger partial charge is 0.349 e. The Kier molecular flexibility index (Phi) is 4.51. The molecule has 3 rings (SSSR count). The van der Waals surface area contributed by atoms with Gasteiger partial charge in [-0.05, 0) is 31.4 Å². The highest BCUT2D eigenvalue weighted by molar-refractivity contribution is 7.15. The molecule has 2 aromatic rings. The summed E-state index contributed by atoms with van der Waals surface area (Å²) in [6.07, 6.45) is 1.27. The van der Waals surface area contributed by atoms with Crippen molar-refractivity contribution in [2.45, 2.75) is 19.9 Å². The molecule has 1 aliphatic heterocycles. The molecule has 0 bridgehead atoms. The molecule has 1 saturated heterocycles. The van der Waals surface area contributed by atoms with Crippen molar-refractivity contribution in [3.63, 3.8) is 0 Å². The lowest BCUT2D eigenvalue weighted by molar-refractivity contribution is 0.317. The summed E-state index contributed by atoms with van der Waals surface area (Å²) >= 11 is 1.67. The number of nitrogens with zero attached hydrogens (tertiary/aromatic N) is 4. The van der Waals surface area contributed by atoms with Gasteiger partial charge in [-0.1, -0.05) is 41.7 Å². The molecule has 5 heteroatoms. The Hall–Kier alpha value is -1.46. The molecule has 0 saturated carbocycles. The Labute approximate surface area is 130 Å². The molecule has 2 heterocycles. The SMILES string of the molecule is Cc1nnc(N(C)CC2CCN(Cc3ccccc3)C2)s1. The summed E-state index contributed by atoms with van der Waals surface area (Å²) in [6, 6.07) is 10.7. The van der Waals surface area contributed by atoms with Crippen molar-refractivity contribution >= 4 is 16.5 Å². The molecule has 0 aliphatic carbocycles. The molecule has 1 aromatic heterocycles. The van der Waals surface area contributed by atoms with Crippen LogP contribution < -0.4 is 4.90 Å². The molecule has 1 aromatic carbocycles. The van der Waals surface area contributed by atoms with Crippen LogP contribution in [-0.4, -0.2) is 41.8 Å². The number of hydrogen-bond acceptors (Lipinski definition) is 5. The van der Waals surface area contributed by atoms with Gasteiger partial charge in [0.1, 0.15) is 5.01 Å². The molecular weight excluding hydrogens is 280 g/mol. The molecule has 1 unspecified atom stereocenters. The highest BCUT2D eigenvalue weighted by atomic mass is 32.1. The molecule has 0 spiro atoms. The van der Waals surface area contributed by atoms with E-state index in [1.807, 2.05) is 6.92 Å². The highest BCUT2D eigenvalue weighted by Crippen LogP contribution is 2.23. The van der Waals surface area contributed by atoms with Crippen molar-refractivity contribution in [2.24, 2.45) is 5.92 Å². The Morgan fingerprint density at radius 1 is 1.29 bits per heavy atom. The maximum atomic E-state index is 4.23. The number of likely N-dealkylation sites (tertiary alicyclic amines) is 1. The molecule has 1 aliphatic rings. The van der Waals surface area contributed by atoms with Crippen molar-refractivity contribution in [3.05, 3.63) is 40.9 Å². The highest BCUT2D eigenvalue weighted by Gasteiger charge is 2.24. The summed E-state index contributed by atoms with van der Waals surface area (Å²) < 4.78 is 0. The fourth-order valence-electron chi connectivity index (χ4n) is 2.95. The molecule has 21 heavy (non-hydrogen) atoms. The van der Waals surface area contributed by atoms with E-state index in [9.17, 15) is 0 Å². The van der Waals surface area contributed by atoms with Gasteiger partial charge in [0.15, 0.2) is 0 Å². The number of anilines is 1. The Balaban J connectivity index is 1.50. The maximum Gasteiger partial charge on any atom is 0.208 e. The third-order valence-electron chi connectivity index (χ3n) is 3.99. The van der Waals surface area contributed by atoms with Crippen LogP contribution in [-0.2, 0) is 6.54 Å². The topological polar surface area (TPSA) is 32.3 Å². The van der Waals surface area contributed by atoms with Crippen LogP contribution in [0.4, 0.5) is 5.13 Å². The van der Waals surface area contributed by atoms with Gasteiger partial charge in [-0.3, -0.25) is 4.90 Å². The van der Waals surface area contributed by atoms with Crippen LogP contribution >= 0.6 is 11.3 Å². The number of rotatable bonds is 5. The Morgan fingerprint density at radius 3 is 2.81 bits per heavy atom. The van der Waals surface area contributed by atoms with Gasteiger partial charge in [-0.15, -0.1) is 10.2 Å². The first-order valence-corrected chi connectivity index (χ1v) is 8.30. The first-order valence-electron chi connectivity index (χ1n) is 7.48. The lowest BCUT2D eigenvalue weighted by Gasteiger charge is -2.20. The fraction of sp³-hybridized carbons (Fsp3) is 0.500. The van der Waals surface area contributed by atoms with E-state index in [1.165, 1.54) is 25.1 Å². The van der Waals surface area contributed by atoms with Crippen LogP contribution in [0.25, 0.3) is 0 Å². The summed E-state index contributed by atoms with van der Waals surface area (Å²) in [7, 11) is 2.12. The Bertz CT molecular complexity index is 569. The average Bonchev–Trinajstić information content (AvgIpc) is 3.09. The third kappa shape index (κ3) is 3.80. The van der Waals surface area contributed by atoms with Crippen molar-refractivity contribution in [2.75, 3.05) is 31.6 Å². The monoisotopic (exact) mass is 302 g/mol. The zero-order chi connectivity index (χ0) is 14.7. The molecule has 0 radical (unpaired) electrons. The smallest absolute Gasteiger partial charge is 0.208 e. The predicted octanol–water partition coefficient (Wildman–Crippen LogP) is 2.80. The molecule has 1 fully saturated rings. The van der Waals surface area contributed by atoms with Crippen LogP contribution in [0.2, 0.25) is 0 Å². The summed E-state index contributed by atoms with van der Waals surface area (Å²) in [6.45, 7) is 6.52. The average molecular weight is 302 g/mol. The second kappa shape index (κ2) is 6.54. The van der Waals surface area contributed by atoms with Gasteiger partial charge in [0.2, 0.25) is 5.13 Å². The van der Waals surface area contributed by atoms with Gasteiger partial charge in [0.25, 0.3) is 0 Å². The van der Waals surface area contributed by atoms with E-state index >= 15 is 0 Å². The summed E-state index contributed by atoms with van der Waals surface area (Å²) in [5.74, 6) is 0.725. The van der Waals surface area contributed by atoms with E-state index in [-0.39, 0.29) is 0 Å². The van der Waals surface area contributed by atoms with Crippen molar-refractivity contribution in [3.8, 4) is 0 Å². The normalized spacial score (nSPS) is 19.0.